The molecule has 4 aromatic rings. The predicted octanol–water partition coefficient (Wildman–Crippen LogP) is 4.81. The Bertz CT molecular complexity index is 1390. The van der Waals surface area contributed by atoms with Crippen LogP contribution in [0.15, 0.2) is 64.8 Å². The van der Waals surface area contributed by atoms with E-state index in [9.17, 15) is 14.0 Å². The molecule has 0 radical (unpaired) electrons. The maximum absolute atomic E-state index is 13.4. The number of rotatable bonds is 5. The topological polar surface area (TPSA) is 67.2 Å². The fourth-order valence-electron chi connectivity index (χ4n) is 4.34. The van der Waals surface area contributed by atoms with Crippen LogP contribution in [-0.4, -0.2) is 28.5 Å². The van der Waals surface area contributed by atoms with Gasteiger partial charge in [0.15, 0.2) is 0 Å². The molecule has 1 aliphatic heterocycles. The second-order valence-electron chi connectivity index (χ2n) is 8.68. The maximum atomic E-state index is 13.4. The summed E-state index contributed by atoms with van der Waals surface area (Å²) in [5.41, 5.74) is 3.33. The number of aryl methyl sites for hydroxylation is 1. The van der Waals surface area contributed by atoms with Crippen LogP contribution < -0.4 is 15.8 Å². The number of benzene rings is 2. The molecule has 1 amide bonds. The van der Waals surface area contributed by atoms with Gasteiger partial charge in [-0.3, -0.25) is 14.2 Å². The van der Waals surface area contributed by atoms with E-state index in [0.717, 1.165) is 5.56 Å². The summed E-state index contributed by atoms with van der Waals surface area (Å²) in [7, 11) is 0. The molecular weight excluding hydrogens is 451 g/mol. The number of aromatic nitrogens is 2. The minimum atomic E-state index is -0.380. The lowest BCUT2D eigenvalue weighted by molar-refractivity contribution is -0.120. The molecule has 0 saturated carbocycles. The maximum Gasteiger partial charge on any atom is 0.273 e. The quantitative estimate of drug-likeness (QED) is 0.449. The number of piperidine rings is 1. The highest BCUT2D eigenvalue weighted by Gasteiger charge is 2.28. The van der Waals surface area contributed by atoms with Gasteiger partial charge in [-0.1, -0.05) is 35.9 Å². The molecule has 1 fully saturated rings. The molecule has 0 aliphatic carbocycles. The van der Waals surface area contributed by atoms with Gasteiger partial charge in [0.05, 0.1) is 12.1 Å². The van der Waals surface area contributed by atoms with E-state index in [2.05, 4.69) is 10.2 Å². The van der Waals surface area contributed by atoms with Crippen LogP contribution >= 0.6 is 11.3 Å². The van der Waals surface area contributed by atoms with Crippen LogP contribution in [0.2, 0.25) is 0 Å². The third-order valence-corrected chi connectivity index (χ3v) is 7.14. The summed E-state index contributed by atoms with van der Waals surface area (Å²) in [5, 5.41) is 4.71. The first-order valence-corrected chi connectivity index (χ1v) is 12.2. The van der Waals surface area contributed by atoms with Gasteiger partial charge in [0.2, 0.25) is 11.9 Å². The van der Waals surface area contributed by atoms with E-state index in [4.69, 9.17) is 4.98 Å². The Hall–Kier alpha value is -3.52. The van der Waals surface area contributed by atoms with Crippen LogP contribution in [0.25, 0.3) is 10.2 Å². The number of fused-ring (bicyclic) bond motifs is 1. The number of nitrogens with one attached hydrogen (secondary N) is 1. The van der Waals surface area contributed by atoms with Crippen LogP contribution in [0.4, 0.5) is 16.0 Å². The van der Waals surface area contributed by atoms with Crippen molar-refractivity contribution in [1.82, 2.24) is 9.55 Å². The van der Waals surface area contributed by atoms with Crippen LogP contribution in [0.1, 0.15) is 24.0 Å². The number of thiophene rings is 1. The summed E-state index contributed by atoms with van der Waals surface area (Å²) in [6.45, 7) is 3.69. The third kappa shape index (κ3) is 4.59. The van der Waals surface area contributed by atoms with Crippen molar-refractivity contribution in [1.29, 1.82) is 0 Å². The zero-order chi connectivity index (χ0) is 23.7. The van der Waals surface area contributed by atoms with Crippen molar-refractivity contribution in [2.75, 3.05) is 23.3 Å². The lowest BCUT2D eigenvalue weighted by Crippen LogP contribution is -2.41. The zero-order valence-electron chi connectivity index (χ0n) is 18.8. The van der Waals surface area contributed by atoms with Crippen molar-refractivity contribution < 1.29 is 9.18 Å². The van der Waals surface area contributed by atoms with Crippen LogP contribution in [0, 0.1) is 18.7 Å². The smallest absolute Gasteiger partial charge is 0.273 e. The Balaban J connectivity index is 1.36. The molecule has 0 spiro atoms. The van der Waals surface area contributed by atoms with Gasteiger partial charge >= 0.3 is 0 Å². The average molecular weight is 477 g/mol. The van der Waals surface area contributed by atoms with Gasteiger partial charge in [-0.2, -0.15) is 0 Å². The van der Waals surface area contributed by atoms with E-state index in [1.165, 1.54) is 29.0 Å². The molecular formula is C26H25FN4O2S. The number of anilines is 2. The molecule has 8 heteroatoms. The Kier molecular flexibility index (Phi) is 6.15. The number of hydrogen-bond donors (Lipinski definition) is 1. The van der Waals surface area contributed by atoms with Gasteiger partial charge in [-0.15, -0.1) is 11.3 Å². The third-order valence-electron chi connectivity index (χ3n) is 6.25. The molecule has 1 N–H and O–H groups in total. The minimum Gasteiger partial charge on any atom is -0.342 e. The van der Waals surface area contributed by atoms with Crippen molar-refractivity contribution in [3.05, 3.63) is 87.3 Å². The van der Waals surface area contributed by atoms with E-state index in [1.807, 2.05) is 42.6 Å². The van der Waals surface area contributed by atoms with Crippen LogP contribution in [0.5, 0.6) is 0 Å². The van der Waals surface area contributed by atoms with E-state index < -0.39 is 0 Å². The van der Waals surface area contributed by atoms with E-state index in [0.29, 0.717) is 54.3 Å². The number of carbonyl (C=O) groups is 1. The highest BCUT2D eigenvalue weighted by atomic mass is 32.1. The fourth-order valence-corrected chi connectivity index (χ4v) is 5.12. The fraction of sp³-hybridized carbons (Fsp3) is 0.269. The van der Waals surface area contributed by atoms with E-state index in [1.54, 1.807) is 16.7 Å². The highest BCUT2D eigenvalue weighted by Crippen LogP contribution is 2.26. The first-order valence-electron chi connectivity index (χ1n) is 11.3. The summed E-state index contributed by atoms with van der Waals surface area (Å²) in [6, 6.07) is 16.0. The van der Waals surface area contributed by atoms with Gasteiger partial charge in [0, 0.05) is 24.7 Å². The first kappa shape index (κ1) is 22.3. The molecule has 0 atom stereocenters. The molecule has 2 aromatic carbocycles. The summed E-state index contributed by atoms with van der Waals surface area (Å²) < 4.78 is 15.8. The van der Waals surface area contributed by atoms with Crippen molar-refractivity contribution in [3.63, 3.8) is 0 Å². The molecule has 5 rings (SSSR count). The van der Waals surface area contributed by atoms with Gasteiger partial charge in [-0.05, 0) is 55.0 Å². The Labute approximate surface area is 200 Å². The SMILES string of the molecule is Cc1ccc(Cn2c(N3CCC(C(=O)Nc4cccc(F)c4)CC3)nc3ccsc3c2=O)cc1. The minimum absolute atomic E-state index is 0.0402. The normalized spacial score (nSPS) is 14.5. The standard InChI is InChI=1S/C26H25FN4O2S/c1-17-5-7-18(8-6-17)16-31-25(33)23-22(11-14-34-23)29-26(31)30-12-9-19(10-13-30)24(32)28-21-4-2-3-20(27)15-21/h2-8,11,14-15,19H,9-10,12-13,16H2,1H3,(H,28,32). The molecule has 2 aromatic heterocycles. The highest BCUT2D eigenvalue weighted by molar-refractivity contribution is 7.17. The summed E-state index contributed by atoms with van der Waals surface area (Å²) in [6.07, 6.45) is 1.26. The number of halogens is 1. The van der Waals surface area contributed by atoms with Crippen molar-refractivity contribution in [2.24, 2.45) is 5.92 Å². The lowest BCUT2D eigenvalue weighted by atomic mass is 9.96. The van der Waals surface area contributed by atoms with Gasteiger partial charge in [-0.25, -0.2) is 9.37 Å². The molecule has 3 heterocycles. The number of hydrogen-bond acceptors (Lipinski definition) is 5. The van der Waals surface area contributed by atoms with Crippen molar-refractivity contribution >= 4 is 39.1 Å². The predicted molar refractivity (Wildman–Crippen MR) is 134 cm³/mol. The number of carbonyl (C=O) groups excluding carboxylic acids is 1. The molecule has 34 heavy (non-hydrogen) atoms. The second kappa shape index (κ2) is 9.38. The van der Waals surface area contributed by atoms with Crippen LogP contribution in [-0.2, 0) is 11.3 Å². The summed E-state index contributed by atoms with van der Waals surface area (Å²) in [5.74, 6) is -0.0280. The molecule has 0 bridgehead atoms. The molecule has 1 aliphatic rings. The van der Waals surface area contributed by atoms with Gasteiger partial charge < -0.3 is 10.2 Å². The van der Waals surface area contributed by atoms with Gasteiger partial charge in [0.25, 0.3) is 5.56 Å². The molecule has 1 saturated heterocycles. The van der Waals surface area contributed by atoms with Crippen molar-refractivity contribution in [3.8, 4) is 0 Å². The summed E-state index contributed by atoms with van der Waals surface area (Å²) >= 11 is 1.41. The molecule has 174 valence electrons. The monoisotopic (exact) mass is 476 g/mol. The largest absolute Gasteiger partial charge is 0.342 e. The first-order chi connectivity index (χ1) is 16.5. The molecule has 6 nitrogen and oxygen atoms in total. The Morgan fingerprint density at radius 1 is 1.15 bits per heavy atom. The summed E-state index contributed by atoms with van der Waals surface area (Å²) in [4.78, 5) is 33.0. The number of amides is 1. The Morgan fingerprint density at radius 2 is 1.91 bits per heavy atom. The Morgan fingerprint density at radius 3 is 2.65 bits per heavy atom. The van der Waals surface area contributed by atoms with Crippen LogP contribution in [0.3, 0.4) is 0 Å². The van der Waals surface area contributed by atoms with Crippen molar-refractivity contribution in [2.45, 2.75) is 26.3 Å². The van der Waals surface area contributed by atoms with E-state index >= 15 is 0 Å². The number of nitrogens with zero attached hydrogens (tertiary/aromatic N) is 3. The lowest BCUT2D eigenvalue weighted by Gasteiger charge is -2.33. The average Bonchev–Trinajstić information content (AvgIpc) is 3.31. The van der Waals surface area contributed by atoms with E-state index in [-0.39, 0.29) is 23.2 Å². The second-order valence-corrected chi connectivity index (χ2v) is 9.60. The van der Waals surface area contributed by atoms with Gasteiger partial charge in [0.1, 0.15) is 10.5 Å². The molecule has 0 unspecified atom stereocenters. The zero-order valence-corrected chi connectivity index (χ0v) is 19.6.